The third-order valence-corrected chi connectivity index (χ3v) is 3.94. The number of nitrogens with one attached hydrogen (secondary N) is 1. The van der Waals surface area contributed by atoms with Crippen LogP contribution >= 0.6 is 0 Å². The van der Waals surface area contributed by atoms with Crippen LogP contribution in [0, 0.1) is 0 Å². The van der Waals surface area contributed by atoms with Crippen molar-refractivity contribution in [3.05, 3.63) is 11.6 Å². The summed E-state index contributed by atoms with van der Waals surface area (Å²) in [6.45, 7) is 2.84. The number of aromatic amines is 1. The summed E-state index contributed by atoms with van der Waals surface area (Å²) in [6.07, 6.45) is 9.55. The van der Waals surface area contributed by atoms with Crippen molar-refractivity contribution in [3.8, 4) is 0 Å². The fraction of sp³-hybridized carbons (Fsp3) is 0.846. The van der Waals surface area contributed by atoms with E-state index in [1.54, 1.807) is 0 Å². The topological polar surface area (TPSA) is 67.6 Å². The first-order valence-electron chi connectivity index (χ1n) is 6.92. The first-order valence-corrected chi connectivity index (χ1v) is 6.92. The molecule has 0 saturated heterocycles. The maximum absolute atomic E-state index is 6.03. The molecule has 0 aliphatic heterocycles. The number of H-pyrrole nitrogens is 1. The van der Waals surface area contributed by atoms with Crippen LogP contribution in [0.15, 0.2) is 0 Å². The van der Waals surface area contributed by atoms with E-state index in [-0.39, 0.29) is 5.41 Å². The highest BCUT2D eigenvalue weighted by molar-refractivity contribution is 5.10. The predicted molar refractivity (Wildman–Crippen MR) is 68.8 cm³/mol. The maximum atomic E-state index is 6.03. The van der Waals surface area contributed by atoms with Crippen LogP contribution in [0.3, 0.4) is 0 Å². The number of nitrogens with zero attached hydrogens (tertiary/aromatic N) is 2. The van der Waals surface area contributed by atoms with Gasteiger partial charge in [0.15, 0.2) is 5.82 Å². The van der Waals surface area contributed by atoms with Crippen LogP contribution in [0.1, 0.15) is 63.5 Å². The van der Waals surface area contributed by atoms with Crippen molar-refractivity contribution in [2.45, 2.75) is 63.7 Å². The van der Waals surface area contributed by atoms with E-state index < -0.39 is 0 Å². The van der Waals surface area contributed by atoms with E-state index in [1.165, 1.54) is 25.7 Å². The Morgan fingerprint density at radius 2 is 1.94 bits per heavy atom. The number of hydrogen-bond acceptors (Lipinski definition) is 3. The fourth-order valence-electron chi connectivity index (χ4n) is 2.81. The highest BCUT2D eigenvalue weighted by Crippen LogP contribution is 2.35. The van der Waals surface area contributed by atoms with E-state index >= 15 is 0 Å². The normalized spacial score (nSPS) is 20.1. The van der Waals surface area contributed by atoms with Crippen LogP contribution in [-0.2, 0) is 11.8 Å². The van der Waals surface area contributed by atoms with Crippen LogP contribution in [-0.4, -0.2) is 21.7 Å². The fourth-order valence-corrected chi connectivity index (χ4v) is 2.81. The van der Waals surface area contributed by atoms with Gasteiger partial charge in [0.2, 0.25) is 0 Å². The van der Waals surface area contributed by atoms with E-state index in [4.69, 9.17) is 5.73 Å². The Morgan fingerprint density at radius 3 is 2.53 bits per heavy atom. The summed E-state index contributed by atoms with van der Waals surface area (Å²) in [7, 11) is 0. The summed E-state index contributed by atoms with van der Waals surface area (Å²) in [5.41, 5.74) is 6.07. The molecule has 0 bridgehead atoms. The predicted octanol–water partition coefficient (Wildman–Crippen LogP) is 2.31. The van der Waals surface area contributed by atoms with Gasteiger partial charge in [-0.2, -0.15) is 5.10 Å². The Hall–Kier alpha value is -0.900. The second kappa shape index (κ2) is 5.63. The lowest BCUT2D eigenvalue weighted by atomic mass is 9.79. The molecule has 1 heterocycles. The summed E-state index contributed by atoms with van der Waals surface area (Å²) in [5.74, 6) is 1.98. The van der Waals surface area contributed by atoms with Crippen LogP contribution in [0.25, 0.3) is 0 Å². The zero-order valence-corrected chi connectivity index (χ0v) is 10.8. The molecule has 2 rings (SSSR count). The molecule has 1 aromatic heterocycles. The van der Waals surface area contributed by atoms with Crippen molar-refractivity contribution >= 4 is 0 Å². The van der Waals surface area contributed by atoms with Crippen molar-refractivity contribution in [2.75, 3.05) is 6.54 Å². The molecule has 0 aromatic carbocycles. The lowest BCUT2D eigenvalue weighted by Crippen LogP contribution is -2.36. The van der Waals surface area contributed by atoms with Gasteiger partial charge in [-0.05, 0) is 19.3 Å². The molecule has 1 aliphatic rings. The molecule has 1 aromatic rings. The zero-order valence-electron chi connectivity index (χ0n) is 10.8. The van der Waals surface area contributed by atoms with Crippen LogP contribution < -0.4 is 5.73 Å². The number of rotatable bonds is 4. The number of nitrogens with two attached hydrogens (primary N) is 1. The molecule has 0 spiro atoms. The molecule has 0 atom stereocenters. The third kappa shape index (κ3) is 2.68. The lowest BCUT2D eigenvalue weighted by molar-refractivity contribution is 0.360. The average Bonchev–Trinajstić information content (AvgIpc) is 2.68. The Labute approximate surface area is 103 Å². The minimum absolute atomic E-state index is 0.0407. The molecule has 3 N–H and O–H groups in total. The minimum atomic E-state index is 0.0407. The van der Waals surface area contributed by atoms with Gasteiger partial charge in [0.05, 0.1) is 0 Å². The number of hydrogen-bond donors (Lipinski definition) is 2. The Balaban J connectivity index is 2.19. The summed E-state index contributed by atoms with van der Waals surface area (Å²) < 4.78 is 0. The molecule has 17 heavy (non-hydrogen) atoms. The molecule has 4 nitrogen and oxygen atoms in total. The molecule has 0 amide bonds. The molecular weight excluding hydrogens is 212 g/mol. The molecule has 96 valence electrons. The van der Waals surface area contributed by atoms with Gasteiger partial charge in [0.25, 0.3) is 0 Å². The molecular formula is C13H24N4. The maximum Gasteiger partial charge on any atom is 0.158 e. The van der Waals surface area contributed by atoms with Gasteiger partial charge in [0, 0.05) is 18.4 Å². The Kier molecular flexibility index (Phi) is 4.15. The number of aryl methyl sites for hydroxylation is 1. The largest absolute Gasteiger partial charge is 0.329 e. The first-order chi connectivity index (χ1) is 8.30. The number of aromatic nitrogens is 3. The average molecular weight is 236 g/mol. The van der Waals surface area contributed by atoms with Crippen molar-refractivity contribution < 1.29 is 0 Å². The van der Waals surface area contributed by atoms with E-state index in [9.17, 15) is 0 Å². The van der Waals surface area contributed by atoms with Crippen molar-refractivity contribution in [2.24, 2.45) is 5.73 Å². The summed E-state index contributed by atoms with van der Waals surface area (Å²) in [4.78, 5) is 4.66. The monoisotopic (exact) mass is 236 g/mol. The molecule has 1 saturated carbocycles. The third-order valence-electron chi connectivity index (χ3n) is 3.94. The van der Waals surface area contributed by atoms with E-state index in [0.29, 0.717) is 6.54 Å². The van der Waals surface area contributed by atoms with Gasteiger partial charge in [-0.3, -0.25) is 5.10 Å². The van der Waals surface area contributed by atoms with Gasteiger partial charge < -0.3 is 5.73 Å². The van der Waals surface area contributed by atoms with Gasteiger partial charge in [-0.15, -0.1) is 0 Å². The minimum Gasteiger partial charge on any atom is -0.329 e. The highest BCUT2D eigenvalue weighted by Gasteiger charge is 2.35. The smallest absolute Gasteiger partial charge is 0.158 e. The van der Waals surface area contributed by atoms with E-state index in [1.807, 2.05) is 0 Å². The van der Waals surface area contributed by atoms with Crippen molar-refractivity contribution in [1.82, 2.24) is 15.2 Å². The summed E-state index contributed by atoms with van der Waals surface area (Å²) >= 11 is 0. The zero-order chi connectivity index (χ0) is 12.1. The quantitative estimate of drug-likeness (QED) is 0.788. The van der Waals surface area contributed by atoms with Crippen LogP contribution in [0.4, 0.5) is 0 Å². The Bertz CT molecular complexity index is 337. The summed E-state index contributed by atoms with van der Waals surface area (Å²) in [5, 5.41) is 7.49. The van der Waals surface area contributed by atoms with Gasteiger partial charge in [-0.25, -0.2) is 4.98 Å². The molecule has 4 heteroatoms. The Morgan fingerprint density at radius 1 is 1.24 bits per heavy atom. The van der Waals surface area contributed by atoms with Gasteiger partial charge in [0.1, 0.15) is 5.82 Å². The SMILES string of the molecule is CCCc1nc(C2(CN)CCCCCC2)n[nH]1. The second-order valence-corrected chi connectivity index (χ2v) is 5.25. The highest BCUT2D eigenvalue weighted by atomic mass is 15.2. The molecule has 1 aliphatic carbocycles. The lowest BCUT2D eigenvalue weighted by Gasteiger charge is -2.27. The molecule has 0 radical (unpaired) electrons. The van der Waals surface area contributed by atoms with Gasteiger partial charge >= 0.3 is 0 Å². The molecule has 1 fully saturated rings. The second-order valence-electron chi connectivity index (χ2n) is 5.25. The summed E-state index contributed by atoms with van der Waals surface area (Å²) in [6, 6.07) is 0. The van der Waals surface area contributed by atoms with Gasteiger partial charge in [-0.1, -0.05) is 32.6 Å². The first kappa shape index (κ1) is 12.6. The van der Waals surface area contributed by atoms with Crippen LogP contribution in [0.5, 0.6) is 0 Å². The van der Waals surface area contributed by atoms with Crippen molar-refractivity contribution in [3.63, 3.8) is 0 Å². The van der Waals surface area contributed by atoms with Crippen molar-refractivity contribution in [1.29, 1.82) is 0 Å². The van der Waals surface area contributed by atoms with E-state index in [2.05, 4.69) is 22.1 Å². The van der Waals surface area contributed by atoms with Crippen LogP contribution in [0.2, 0.25) is 0 Å². The molecule has 0 unspecified atom stereocenters. The van der Waals surface area contributed by atoms with E-state index in [0.717, 1.165) is 37.3 Å². The standard InChI is InChI=1S/C13H24N4/c1-2-7-11-15-12(17-16-11)13(10-14)8-5-3-4-6-9-13/h2-10,14H2,1H3,(H,15,16,17).